The highest BCUT2D eigenvalue weighted by Gasteiger charge is 2.20. The van der Waals surface area contributed by atoms with E-state index in [1.165, 1.54) is 4.68 Å². The van der Waals surface area contributed by atoms with Crippen molar-refractivity contribution in [1.29, 1.82) is 0 Å². The second-order valence-corrected chi connectivity index (χ2v) is 11.4. The summed E-state index contributed by atoms with van der Waals surface area (Å²) in [7, 11) is 0. The van der Waals surface area contributed by atoms with E-state index >= 15 is 0 Å². The number of fused-ring (bicyclic) bond motifs is 1. The minimum Gasteiger partial charge on any atom is -0.462 e. The largest absolute Gasteiger partial charge is 0.462 e. The van der Waals surface area contributed by atoms with Gasteiger partial charge in [0.2, 0.25) is 0 Å². The van der Waals surface area contributed by atoms with E-state index < -0.39 is 0 Å². The molecule has 0 fully saturated rings. The topological polar surface area (TPSA) is 78.5 Å². The first-order valence-corrected chi connectivity index (χ1v) is 15.7. The van der Waals surface area contributed by atoms with Gasteiger partial charge in [0, 0.05) is 22.1 Å². The molecule has 0 spiro atoms. The van der Waals surface area contributed by atoms with Crippen molar-refractivity contribution in [2.24, 2.45) is 5.10 Å². The van der Waals surface area contributed by atoms with Crippen molar-refractivity contribution in [3.63, 3.8) is 0 Å². The molecule has 6 aromatic rings. The van der Waals surface area contributed by atoms with Gasteiger partial charge in [-0.15, -0.1) is 0 Å². The molecule has 0 aliphatic rings. The maximum absolute atomic E-state index is 13.7. The number of nitrogens with zero attached hydrogens (tertiary/aromatic N) is 4. The molecule has 0 amide bonds. The van der Waals surface area contributed by atoms with Gasteiger partial charge in [-0.05, 0) is 73.0 Å². The van der Waals surface area contributed by atoms with Gasteiger partial charge in [0.15, 0.2) is 0 Å². The summed E-state index contributed by atoms with van der Waals surface area (Å²) in [5, 5.41) is 5.28. The van der Waals surface area contributed by atoms with Crippen LogP contribution in [0, 0.1) is 0 Å². The molecule has 0 N–H and O–H groups in total. The van der Waals surface area contributed by atoms with Crippen LogP contribution in [0.15, 0.2) is 124 Å². The molecule has 0 atom stereocenters. The number of halogens is 1. The van der Waals surface area contributed by atoms with Gasteiger partial charge in [0.25, 0.3) is 5.56 Å². The molecule has 0 saturated carbocycles. The molecule has 0 saturated heterocycles. The molecule has 7 nitrogen and oxygen atoms in total. The second kappa shape index (κ2) is 13.3. The van der Waals surface area contributed by atoms with Gasteiger partial charge in [-0.1, -0.05) is 83.5 Å². The minimum atomic E-state index is -0.361. The zero-order valence-electron chi connectivity index (χ0n) is 25.0. The molecule has 0 aliphatic heterocycles. The van der Waals surface area contributed by atoms with E-state index in [0.29, 0.717) is 35.3 Å². The Bertz CT molecular complexity index is 2070. The van der Waals surface area contributed by atoms with Crippen molar-refractivity contribution >= 4 is 39.0 Å². The third-order valence-corrected chi connectivity index (χ3v) is 7.94. The van der Waals surface area contributed by atoms with E-state index in [1.807, 2.05) is 60.7 Å². The highest BCUT2D eigenvalue weighted by atomic mass is 79.9. The number of benzene rings is 4. The smallest absolute Gasteiger partial charge is 0.338 e. The van der Waals surface area contributed by atoms with Crippen LogP contribution in [0.1, 0.15) is 42.0 Å². The standard InChI is InChI=1S/C37H31BrN4O3/c1-3-11-34-40-32-21-18-29(38)23-31(32)36(43)42(34)39-24-28-22-33(25-12-7-5-8-13-25)41(35(28)26-14-9-6-10-15-26)30-19-16-27(17-20-30)37(44)45-4-2/h5-10,12-24H,3-4,11H2,1-2H3. The number of carbonyl (C=O) groups is 1. The summed E-state index contributed by atoms with van der Waals surface area (Å²) in [5.41, 5.74) is 6.38. The summed E-state index contributed by atoms with van der Waals surface area (Å²) < 4.78 is 9.59. The number of aryl methyl sites for hydroxylation is 1. The fourth-order valence-corrected chi connectivity index (χ4v) is 5.75. The summed E-state index contributed by atoms with van der Waals surface area (Å²) in [6, 6.07) is 35.2. The Balaban J connectivity index is 1.58. The molecule has 2 aromatic heterocycles. The molecule has 2 heterocycles. The number of ether oxygens (including phenoxy) is 1. The predicted molar refractivity (Wildman–Crippen MR) is 183 cm³/mol. The fourth-order valence-electron chi connectivity index (χ4n) is 5.39. The van der Waals surface area contributed by atoms with Crippen molar-refractivity contribution in [2.75, 3.05) is 6.61 Å². The third kappa shape index (κ3) is 6.14. The zero-order valence-corrected chi connectivity index (χ0v) is 26.6. The van der Waals surface area contributed by atoms with Crippen LogP contribution in [0.2, 0.25) is 0 Å². The first-order valence-electron chi connectivity index (χ1n) is 14.9. The van der Waals surface area contributed by atoms with Gasteiger partial charge < -0.3 is 9.30 Å². The average Bonchev–Trinajstić information content (AvgIpc) is 3.45. The molecule has 0 bridgehead atoms. The molecule has 8 heteroatoms. The quantitative estimate of drug-likeness (QED) is 0.116. The Labute approximate surface area is 269 Å². The Kier molecular flexibility index (Phi) is 8.84. The van der Waals surface area contributed by atoms with Gasteiger partial charge in [-0.3, -0.25) is 4.79 Å². The first kappa shape index (κ1) is 30.0. The van der Waals surface area contributed by atoms with Crippen LogP contribution in [0.25, 0.3) is 39.1 Å². The third-order valence-electron chi connectivity index (χ3n) is 7.44. The summed E-state index contributed by atoms with van der Waals surface area (Å²) >= 11 is 3.48. The lowest BCUT2D eigenvalue weighted by molar-refractivity contribution is 0.0526. The SMILES string of the molecule is CCCc1nc2ccc(Br)cc2c(=O)n1N=Cc1cc(-c2ccccc2)n(-c2ccc(C(=O)OCC)cc2)c1-c1ccccc1. The summed E-state index contributed by atoms with van der Waals surface area (Å²) in [4.78, 5) is 31.0. The Morgan fingerprint density at radius 3 is 2.24 bits per heavy atom. The monoisotopic (exact) mass is 658 g/mol. The van der Waals surface area contributed by atoms with E-state index in [0.717, 1.165) is 44.7 Å². The predicted octanol–water partition coefficient (Wildman–Crippen LogP) is 8.30. The Hall–Kier alpha value is -5.08. The van der Waals surface area contributed by atoms with Crippen LogP contribution < -0.4 is 5.56 Å². The van der Waals surface area contributed by atoms with Crippen molar-refractivity contribution in [2.45, 2.75) is 26.7 Å². The number of hydrogen-bond donors (Lipinski definition) is 0. The van der Waals surface area contributed by atoms with Gasteiger partial charge in [0.05, 0.1) is 40.7 Å². The highest BCUT2D eigenvalue weighted by Crippen LogP contribution is 2.35. The van der Waals surface area contributed by atoms with Crippen LogP contribution in [0.4, 0.5) is 0 Å². The lowest BCUT2D eigenvalue weighted by Crippen LogP contribution is -2.22. The van der Waals surface area contributed by atoms with Crippen molar-refractivity contribution in [3.8, 4) is 28.2 Å². The molecule has 224 valence electrons. The lowest BCUT2D eigenvalue weighted by atomic mass is 10.1. The molecule has 45 heavy (non-hydrogen) atoms. The van der Waals surface area contributed by atoms with Crippen LogP contribution >= 0.6 is 15.9 Å². The zero-order chi connectivity index (χ0) is 31.3. The normalized spacial score (nSPS) is 11.4. The summed E-state index contributed by atoms with van der Waals surface area (Å²) in [5.74, 6) is 0.243. The molecule has 0 radical (unpaired) electrons. The maximum Gasteiger partial charge on any atom is 0.338 e. The van der Waals surface area contributed by atoms with E-state index in [2.05, 4.69) is 57.8 Å². The molecular weight excluding hydrogens is 628 g/mol. The lowest BCUT2D eigenvalue weighted by Gasteiger charge is -2.15. The molecular formula is C37H31BrN4O3. The van der Waals surface area contributed by atoms with Gasteiger partial charge in [-0.2, -0.15) is 9.78 Å². The summed E-state index contributed by atoms with van der Waals surface area (Å²) in [6.45, 7) is 4.16. The minimum absolute atomic E-state index is 0.223. The van der Waals surface area contributed by atoms with Gasteiger partial charge in [-0.25, -0.2) is 9.78 Å². The number of rotatable bonds is 9. The van der Waals surface area contributed by atoms with E-state index in [1.54, 1.807) is 31.3 Å². The van der Waals surface area contributed by atoms with Crippen molar-refractivity contribution < 1.29 is 9.53 Å². The van der Waals surface area contributed by atoms with Crippen molar-refractivity contribution in [3.05, 3.63) is 141 Å². The van der Waals surface area contributed by atoms with E-state index in [-0.39, 0.29) is 11.5 Å². The van der Waals surface area contributed by atoms with Crippen molar-refractivity contribution in [1.82, 2.24) is 14.2 Å². The Morgan fingerprint density at radius 2 is 1.58 bits per heavy atom. The van der Waals surface area contributed by atoms with Gasteiger partial charge >= 0.3 is 5.97 Å². The molecule has 6 rings (SSSR count). The summed E-state index contributed by atoms with van der Waals surface area (Å²) in [6.07, 6.45) is 3.16. The number of aromatic nitrogens is 3. The number of carbonyl (C=O) groups excluding carboxylic acids is 1. The van der Waals surface area contributed by atoms with E-state index in [9.17, 15) is 9.59 Å². The van der Waals surface area contributed by atoms with Gasteiger partial charge in [0.1, 0.15) is 5.82 Å². The highest BCUT2D eigenvalue weighted by molar-refractivity contribution is 9.10. The fraction of sp³-hybridized carbons (Fsp3) is 0.135. The van der Waals surface area contributed by atoms with Crippen LogP contribution in [-0.2, 0) is 11.2 Å². The number of hydrogen-bond acceptors (Lipinski definition) is 5. The van der Waals surface area contributed by atoms with Crippen LogP contribution in [-0.4, -0.2) is 33.0 Å². The molecule has 0 unspecified atom stereocenters. The van der Waals surface area contributed by atoms with Crippen LogP contribution in [0.3, 0.4) is 0 Å². The Morgan fingerprint density at radius 1 is 0.889 bits per heavy atom. The first-order chi connectivity index (χ1) is 22.0. The van der Waals surface area contributed by atoms with E-state index in [4.69, 9.17) is 14.8 Å². The van der Waals surface area contributed by atoms with Crippen LogP contribution in [0.5, 0.6) is 0 Å². The second-order valence-electron chi connectivity index (χ2n) is 10.5. The number of esters is 1. The molecule has 4 aromatic carbocycles. The maximum atomic E-state index is 13.7. The average molecular weight is 660 g/mol. The molecule has 0 aliphatic carbocycles.